The first-order chi connectivity index (χ1) is 10.9. The third-order valence-corrected chi connectivity index (χ3v) is 3.36. The van der Waals surface area contributed by atoms with E-state index in [2.05, 4.69) is 20.8 Å². The Hall–Kier alpha value is -2.83. The number of amides is 2. The molecule has 2 aromatic rings. The first-order valence-corrected chi connectivity index (χ1v) is 7.15. The summed E-state index contributed by atoms with van der Waals surface area (Å²) in [7, 11) is 1.32. The van der Waals surface area contributed by atoms with E-state index < -0.39 is 5.41 Å². The fourth-order valence-electron chi connectivity index (χ4n) is 2.01. The lowest BCUT2D eigenvalue weighted by molar-refractivity contribution is -0.150. The predicted molar refractivity (Wildman–Crippen MR) is 86.8 cm³/mol. The van der Waals surface area contributed by atoms with Crippen LogP contribution in [0.4, 0.5) is 10.5 Å². The largest absolute Gasteiger partial charge is 0.469 e. The van der Waals surface area contributed by atoms with Crippen molar-refractivity contribution in [1.82, 2.24) is 15.5 Å². The number of aromatic nitrogens is 2. The van der Waals surface area contributed by atoms with E-state index in [1.54, 1.807) is 26.1 Å². The molecular weight excluding hydrogens is 296 g/mol. The summed E-state index contributed by atoms with van der Waals surface area (Å²) < 4.78 is 4.70. The first kappa shape index (κ1) is 16.5. The smallest absolute Gasteiger partial charge is 0.319 e. The van der Waals surface area contributed by atoms with Gasteiger partial charge >= 0.3 is 12.0 Å². The Morgan fingerprint density at radius 2 is 2.09 bits per heavy atom. The van der Waals surface area contributed by atoms with Gasteiger partial charge in [0.15, 0.2) is 0 Å². The number of hydrogen-bond donors (Lipinski definition) is 3. The Labute approximate surface area is 134 Å². The molecule has 0 aliphatic rings. The zero-order valence-corrected chi connectivity index (χ0v) is 13.3. The molecular formula is C16H20N4O3. The van der Waals surface area contributed by atoms with Gasteiger partial charge in [-0.15, -0.1) is 0 Å². The maximum Gasteiger partial charge on any atom is 0.319 e. The number of aromatic amines is 1. The molecule has 0 saturated heterocycles. The monoisotopic (exact) mass is 316 g/mol. The lowest BCUT2D eigenvalue weighted by Crippen LogP contribution is -2.41. The summed E-state index contributed by atoms with van der Waals surface area (Å²) in [6.45, 7) is 3.59. The van der Waals surface area contributed by atoms with E-state index in [9.17, 15) is 9.59 Å². The van der Waals surface area contributed by atoms with Gasteiger partial charge in [-0.2, -0.15) is 5.10 Å². The van der Waals surface area contributed by atoms with E-state index in [4.69, 9.17) is 4.74 Å². The van der Waals surface area contributed by atoms with Crippen LogP contribution in [-0.4, -0.2) is 35.9 Å². The van der Waals surface area contributed by atoms with Crippen molar-refractivity contribution in [2.45, 2.75) is 13.8 Å². The highest BCUT2D eigenvalue weighted by Gasteiger charge is 2.29. The molecule has 1 aromatic heterocycles. The van der Waals surface area contributed by atoms with E-state index >= 15 is 0 Å². The number of rotatable bonds is 5. The van der Waals surface area contributed by atoms with Crippen LogP contribution in [0.2, 0.25) is 0 Å². The molecule has 23 heavy (non-hydrogen) atoms. The van der Waals surface area contributed by atoms with Crippen LogP contribution in [0.5, 0.6) is 0 Å². The number of esters is 1. The van der Waals surface area contributed by atoms with Crippen LogP contribution >= 0.6 is 0 Å². The van der Waals surface area contributed by atoms with E-state index in [0.717, 1.165) is 11.3 Å². The Morgan fingerprint density at radius 1 is 1.30 bits per heavy atom. The van der Waals surface area contributed by atoms with Crippen LogP contribution < -0.4 is 10.6 Å². The molecule has 122 valence electrons. The number of ether oxygens (including phenoxy) is 1. The van der Waals surface area contributed by atoms with Gasteiger partial charge in [0.25, 0.3) is 0 Å². The summed E-state index contributed by atoms with van der Waals surface area (Å²) in [5.74, 6) is -0.376. The van der Waals surface area contributed by atoms with Crippen LogP contribution in [0.25, 0.3) is 11.3 Å². The zero-order valence-electron chi connectivity index (χ0n) is 13.3. The highest BCUT2D eigenvalue weighted by Crippen LogP contribution is 2.20. The van der Waals surface area contributed by atoms with Crippen molar-refractivity contribution in [3.05, 3.63) is 36.5 Å². The van der Waals surface area contributed by atoms with Crippen LogP contribution in [0, 0.1) is 5.41 Å². The number of benzene rings is 1. The molecule has 0 aliphatic heterocycles. The number of nitrogens with zero attached hydrogens (tertiary/aromatic N) is 1. The van der Waals surface area contributed by atoms with Gasteiger partial charge in [-0.25, -0.2) is 4.79 Å². The number of carbonyl (C=O) groups is 2. The average Bonchev–Trinajstić information content (AvgIpc) is 3.07. The van der Waals surface area contributed by atoms with Crippen molar-refractivity contribution in [2.75, 3.05) is 19.0 Å². The quantitative estimate of drug-likeness (QED) is 0.738. The summed E-state index contributed by atoms with van der Waals surface area (Å²) in [5.41, 5.74) is 1.63. The molecule has 0 spiro atoms. The Bertz CT molecular complexity index is 680. The minimum atomic E-state index is -0.788. The van der Waals surface area contributed by atoms with Crippen molar-refractivity contribution in [3.8, 4) is 11.3 Å². The fraction of sp³-hybridized carbons (Fsp3) is 0.312. The van der Waals surface area contributed by atoms with Crippen LogP contribution in [0.1, 0.15) is 13.8 Å². The molecule has 7 nitrogen and oxygen atoms in total. The van der Waals surface area contributed by atoms with Gasteiger partial charge in [0.2, 0.25) is 0 Å². The second-order valence-electron chi connectivity index (χ2n) is 5.73. The van der Waals surface area contributed by atoms with E-state index in [-0.39, 0.29) is 18.5 Å². The van der Waals surface area contributed by atoms with Crippen LogP contribution in [0.15, 0.2) is 36.5 Å². The van der Waals surface area contributed by atoms with Gasteiger partial charge < -0.3 is 15.4 Å². The molecule has 1 heterocycles. The zero-order chi connectivity index (χ0) is 16.9. The minimum Gasteiger partial charge on any atom is -0.469 e. The molecule has 0 unspecified atom stereocenters. The number of carbonyl (C=O) groups excluding carboxylic acids is 2. The Morgan fingerprint density at radius 3 is 2.74 bits per heavy atom. The van der Waals surface area contributed by atoms with Crippen molar-refractivity contribution in [3.63, 3.8) is 0 Å². The summed E-state index contributed by atoms with van der Waals surface area (Å²) in [6, 6.07) is 8.83. The van der Waals surface area contributed by atoms with Crippen molar-refractivity contribution < 1.29 is 14.3 Å². The summed E-state index contributed by atoms with van der Waals surface area (Å²) in [5, 5.41) is 12.2. The summed E-state index contributed by atoms with van der Waals surface area (Å²) in [6.07, 6.45) is 1.66. The van der Waals surface area contributed by atoms with Gasteiger partial charge in [0.05, 0.1) is 18.2 Å². The van der Waals surface area contributed by atoms with Crippen LogP contribution in [-0.2, 0) is 9.53 Å². The number of urea groups is 1. The maximum atomic E-state index is 12.0. The van der Waals surface area contributed by atoms with Crippen molar-refractivity contribution in [1.29, 1.82) is 0 Å². The second-order valence-corrected chi connectivity index (χ2v) is 5.73. The number of nitrogens with one attached hydrogen (secondary N) is 3. The Balaban J connectivity index is 1.96. The van der Waals surface area contributed by atoms with Crippen LogP contribution in [0.3, 0.4) is 0 Å². The highest BCUT2D eigenvalue weighted by atomic mass is 16.5. The van der Waals surface area contributed by atoms with E-state index in [1.807, 2.05) is 24.3 Å². The normalized spacial score (nSPS) is 10.9. The molecule has 7 heteroatoms. The first-order valence-electron chi connectivity index (χ1n) is 7.15. The number of H-pyrrole nitrogens is 1. The predicted octanol–water partition coefficient (Wildman–Crippen LogP) is 2.40. The lowest BCUT2D eigenvalue weighted by atomic mass is 9.94. The number of hydrogen-bond acceptors (Lipinski definition) is 4. The topological polar surface area (TPSA) is 96.1 Å². The summed E-state index contributed by atoms with van der Waals surface area (Å²) in [4.78, 5) is 23.6. The average molecular weight is 316 g/mol. The molecule has 2 amide bonds. The van der Waals surface area contributed by atoms with Gasteiger partial charge in [0, 0.05) is 24.0 Å². The molecule has 1 aromatic carbocycles. The molecule has 0 saturated carbocycles. The standard InChI is InChI=1S/C16H20N4O3/c1-16(2,14(21)23-3)10-17-15(22)19-12-6-4-5-11(9-12)13-7-8-18-20-13/h4-9H,10H2,1-3H3,(H,18,20)(H2,17,19,22). The van der Waals surface area contributed by atoms with Gasteiger partial charge in [-0.3, -0.25) is 9.89 Å². The highest BCUT2D eigenvalue weighted by molar-refractivity contribution is 5.90. The maximum absolute atomic E-state index is 12.0. The number of methoxy groups -OCH3 is 1. The minimum absolute atomic E-state index is 0.172. The molecule has 0 bridgehead atoms. The Kier molecular flexibility index (Phi) is 5.00. The van der Waals surface area contributed by atoms with Crippen molar-refractivity contribution in [2.24, 2.45) is 5.41 Å². The van der Waals surface area contributed by atoms with E-state index in [1.165, 1.54) is 7.11 Å². The molecule has 0 atom stereocenters. The van der Waals surface area contributed by atoms with Gasteiger partial charge in [-0.05, 0) is 32.0 Å². The van der Waals surface area contributed by atoms with Gasteiger partial charge in [-0.1, -0.05) is 12.1 Å². The third-order valence-electron chi connectivity index (χ3n) is 3.36. The third kappa shape index (κ3) is 4.32. The number of anilines is 1. The fourth-order valence-corrected chi connectivity index (χ4v) is 2.01. The van der Waals surface area contributed by atoms with Crippen molar-refractivity contribution >= 4 is 17.7 Å². The lowest BCUT2D eigenvalue weighted by Gasteiger charge is -2.21. The molecule has 2 rings (SSSR count). The molecule has 0 radical (unpaired) electrons. The molecule has 0 fully saturated rings. The molecule has 3 N–H and O–H groups in total. The summed E-state index contributed by atoms with van der Waals surface area (Å²) >= 11 is 0. The SMILES string of the molecule is COC(=O)C(C)(C)CNC(=O)Nc1cccc(-c2ccn[nH]2)c1. The second kappa shape index (κ2) is 6.95. The van der Waals surface area contributed by atoms with E-state index in [0.29, 0.717) is 5.69 Å². The molecule has 0 aliphatic carbocycles. The van der Waals surface area contributed by atoms with Gasteiger partial charge in [0.1, 0.15) is 0 Å².